The number of phenolic OH excluding ortho intramolecular Hbond substituents is 1. The summed E-state index contributed by atoms with van der Waals surface area (Å²) in [6.45, 7) is 6.92. The van der Waals surface area contributed by atoms with Crippen molar-refractivity contribution in [3.8, 4) is 5.75 Å². The maximum atomic E-state index is 9.75. The van der Waals surface area contributed by atoms with Gasteiger partial charge in [-0.1, -0.05) is 32.4 Å². The van der Waals surface area contributed by atoms with Crippen molar-refractivity contribution >= 4 is 12.4 Å². The number of likely N-dealkylation sites (tertiary alicyclic amines) is 1. The summed E-state index contributed by atoms with van der Waals surface area (Å²) in [5.74, 6) is 1.03. The van der Waals surface area contributed by atoms with Gasteiger partial charge in [-0.3, -0.25) is 0 Å². The standard InChI is InChI=1S/C16H25NO.ClH/c1-4-8-16(9-10-17(3)12-13(16)2)14-6-5-7-15(18)11-14;/h5-7,11,13,18H,4,8-10,12H2,1-3H3;1H. The summed E-state index contributed by atoms with van der Waals surface area (Å²) < 4.78 is 0. The van der Waals surface area contributed by atoms with Gasteiger partial charge in [0.2, 0.25) is 0 Å². The molecule has 1 aliphatic heterocycles. The Labute approximate surface area is 123 Å². The number of hydrogen-bond donors (Lipinski definition) is 1. The molecule has 0 saturated carbocycles. The lowest BCUT2D eigenvalue weighted by molar-refractivity contribution is 0.112. The molecule has 0 bridgehead atoms. The van der Waals surface area contributed by atoms with Crippen LogP contribution in [0.5, 0.6) is 5.75 Å². The first kappa shape index (κ1) is 16.3. The molecule has 0 radical (unpaired) electrons. The van der Waals surface area contributed by atoms with Gasteiger partial charge in [-0.25, -0.2) is 0 Å². The molecule has 0 aromatic heterocycles. The van der Waals surface area contributed by atoms with Gasteiger partial charge in [-0.15, -0.1) is 12.4 Å². The maximum absolute atomic E-state index is 9.75. The summed E-state index contributed by atoms with van der Waals surface area (Å²) in [7, 11) is 2.20. The van der Waals surface area contributed by atoms with E-state index in [-0.39, 0.29) is 17.8 Å². The average Bonchev–Trinajstić information content (AvgIpc) is 2.33. The molecule has 19 heavy (non-hydrogen) atoms. The van der Waals surface area contributed by atoms with Crippen LogP contribution in [0, 0.1) is 5.92 Å². The van der Waals surface area contributed by atoms with E-state index in [0.29, 0.717) is 11.7 Å². The average molecular weight is 284 g/mol. The van der Waals surface area contributed by atoms with E-state index in [2.05, 4.69) is 31.9 Å². The molecule has 2 atom stereocenters. The number of piperidine rings is 1. The van der Waals surface area contributed by atoms with Crippen LogP contribution < -0.4 is 0 Å². The second kappa shape index (κ2) is 6.62. The second-order valence-electron chi connectivity index (χ2n) is 5.87. The minimum Gasteiger partial charge on any atom is -0.508 e. The van der Waals surface area contributed by atoms with Crippen LogP contribution in [0.3, 0.4) is 0 Å². The molecule has 1 saturated heterocycles. The van der Waals surface area contributed by atoms with Crippen LogP contribution in [0.1, 0.15) is 38.7 Å². The maximum Gasteiger partial charge on any atom is 0.115 e. The van der Waals surface area contributed by atoms with Gasteiger partial charge in [0.05, 0.1) is 0 Å². The van der Waals surface area contributed by atoms with E-state index >= 15 is 0 Å². The number of benzene rings is 1. The molecule has 1 fully saturated rings. The molecule has 2 rings (SSSR count). The molecule has 108 valence electrons. The zero-order chi connectivity index (χ0) is 13.2. The zero-order valence-corrected chi connectivity index (χ0v) is 13.0. The molecule has 1 aromatic rings. The largest absolute Gasteiger partial charge is 0.508 e. The summed E-state index contributed by atoms with van der Waals surface area (Å²) in [5.41, 5.74) is 1.57. The third-order valence-electron chi connectivity index (χ3n) is 4.59. The summed E-state index contributed by atoms with van der Waals surface area (Å²) >= 11 is 0. The highest BCUT2D eigenvalue weighted by Crippen LogP contribution is 2.43. The van der Waals surface area contributed by atoms with Crippen molar-refractivity contribution in [1.29, 1.82) is 0 Å². The van der Waals surface area contributed by atoms with Gasteiger partial charge in [0, 0.05) is 12.0 Å². The first-order chi connectivity index (χ1) is 8.58. The van der Waals surface area contributed by atoms with Crippen molar-refractivity contribution in [3.05, 3.63) is 29.8 Å². The fourth-order valence-electron chi connectivity index (χ4n) is 3.58. The lowest BCUT2D eigenvalue weighted by atomic mass is 9.64. The van der Waals surface area contributed by atoms with Crippen molar-refractivity contribution in [2.24, 2.45) is 5.92 Å². The van der Waals surface area contributed by atoms with E-state index < -0.39 is 0 Å². The summed E-state index contributed by atoms with van der Waals surface area (Å²) in [6, 6.07) is 7.91. The van der Waals surface area contributed by atoms with E-state index in [1.807, 2.05) is 12.1 Å². The Hall–Kier alpha value is -0.730. The number of halogens is 1. The molecule has 0 amide bonds. The van der Waals surface area contributed by atoms with Crippen LogP contribution in [-0.4, -0.2) is 30.1 Å². The van der Waals surface area contributed by atoms with Crippen molar-refractivity contribution in [2.45, 2.75) is 38.5 Å². The molecule has 1 heterocycles. The van der Waals surface area contributed by atoms with E-state index in [1.54, 1.807) is 6.07 Å². The molecule has 2 nitrogen and oxygen atoms in total. The highest BCUT2D eigenvalue weighted by Gasteiger charge is 2.40. The molecule has 0 aliphatic carbocycles. The Morgan fingerprint density at radius 1 is 1.42 bits per heavy atom. The Morgan fingerprint density at radius 2 is 2.16 bits per heavy atom. The zero-order valence-electron chi connectivity index (χ0n) is 12.2. The van der Waals surface area contributed by atoms with Crippen molar-refractivity contribution in [1.82, 2.24) is 4.90 Å². The normalized spacial score (nSPS) is 27.8. The number of phenols is 1. The SMILES string of the molecule is CCCC1(c2cccc(O)c2)CCN(C)CC1C.Cl. The molecule has 1 N–H and O–H groups in total. The topological polar surface area (TPSA) is 23.5 Å². The molecule has 0 spiro atoms. The summed E-state index contributed by atoms with van der Waals surface area (Å²) in [5, 5.41) is 9.75. The molecule has 3 heteroatoms. The molecule has 1 aliphatic rings. The first-order valence-corrected chi connectivity index (χ1v) is 7.06. The van der Waals surface area contributed by atoms with Crippen molar-refractivity contribution in [2.75, 3.05) is 20.1 Å². The van der Waals surface area contributed by atoms with Gasteiger partial charge < -0.3 is 10.0 Å². The fourth-order valence-corrected chi connectivity index (χ4v) is 3.58. The van der Waals surface area contributed by atoms with Gasteiger partial charge in [-0.2, -0.15) is 0 Å². The number of nitrogens with zero attached hydrogens (tertiary/aromatic N) is 1. The highest BCUT2D eigenvalue weighted by molar-refractivity contribution is 5.85. The van der Waals surface area contributed by atoms with Crippen LogP contribution >= 0.6 is 12.4 Å². The molecular formula is C16H26ClNO. The lowest BCUT2D eigenvalue weighted by Crippen LogP contribution is -2.47. The van der Waals surface area contributed by atoms with Crippen molar-refractivity contribution < 1.29 is 5.11 Å². The first-order valence-electron chi connectivity index (χ1n) is 7.06. The van der Waals surface area contributed by atoms with Gasteiger partial charge in [0.15, 0.2) is 0 Å². The van der Waals surface area contributed by atoms with E-state index in [4.69, 9.17) is 0 Å². The van der Waals surface area contributed by atoms with Gasteiger partial charge in [0.1, 0.15) is 5.75 Å². The predicted molar refractivity (Wildman–Crippen MR) is 83.2 cm³/mol. The van der Waals surface area contributed by atoms with Crippen molar-refractivity contribution in [3.63, 3.8) is 0 Å². The van der Waals surface area contributed by atoms with E-state index in [9.17, 15) is 5.11 Å². The fraction of sp³-hybridized carbons (Fsp3) is 0.625. The minimum absolute atomic E-state index is 0. The van der Waals surface area contributed by atoms with Gasteiger partial charge in [0.25, 0.3) is 0 Å². The Morgan fingerprint density at radius 3 is 2.74 bits per heavy atom. The Kier molecular flexibility index (Phi) is 5.69. The Bertz CT molecular complexity index is 409. The minimum atomic E-state index is 0. The summed E-state index contributed by atoms with van der Waals surface area (Å²) in [4.78, 5) is 2.42. The van der Waals surface area contributed by atoms with Crippen LogP contribution in [0.4, 0.5) is 0 Å². The van der Waals surface area contributed by atoms with Gasteiger partial charge in [-0.05, 0) is 50.0 Å². The molecule has 1 aromatic carbocycles. The summed E-state index contributed by atoms with van der Waals surface area (Å²) in [6.07, 6.45) is 3.61. The van der Waals surface area contributed by atoms with E-state index in [0.717, 1.165) is 13.1 Å². The molecule has 2 unspecified atom stereocenters. The van der Waals surface area contributed by atoms with E-state index in [1.165, 1.54) is 24.8 Å². The van der Waals surface area contributed by atoms with Gasteiger partial charge >= 0.3 is 0 Å². The van der Waals surface area contributed by atoms with Crippen LogP contribution in [-0.2, 0) is 5.41 Å². The second-order valence-corrected chi connectivity index (χ2v) is 5.87. The number of hydrogen-bond acceptors (Lipinski definition) is 2. The lowest BCUT2D eigenvalue weighted by Gasteiger charge is -2.46. The van der Waals surface area contributed by atoms with Crippen LogP contribution in [0.2, 0.25) is 0 Å². The number of aromatic hydroxyl groups is 1. The predicted octanol–water partition coefficient (Wildman–Crippen LogP) is 3.82. The quantitative estimate of drug-likeness (QED) is 0.911. The molecular weight excluding hydrogens is 258 g/mol. The monoisotopic (exact) mass is 283 g/mol. The third-order valence-corrected chi connectivity index (χ3v) is 4.59. The Balaban J connectivity index is 0.00000180. The van der Waals surface area contributed by atoms with Crippen LogP contribution in [0.25, 0.3) is 0 Å². The van der Waals surface area contributed by atoms with Crippen LogP contribution in [0.15, 0.2) is 24.3 Å². The highest BCUT2D eigenvalue weighted by atomic mass is 35.5. The smallest absolute Gasteiger partial charge is 0.115 e. The third kappa shape index (κ3) is 3.24. The number of rotatable bonds is 3.